The van der Waals surface area contributed by atoms with Crippen molar-refractivity contribution in [3.8, 4) is 5.75 Å². The molecule has 1 aliphatic heterocycles. The number of rotatable bonds is 4. The molecule has 1 fully saturated rings. The number of nitrogens with zero attached hydrogens (tertiary/aromatic N) is 1. The second-order valence-electron chi connectivity index (χ2n) is 3.92. The van der Waals surface area contributed by atoms with Crippen LogP contribution < -0.4 is 5.32 Å². The van der Waals surface area contributed by atoms with Gasteiger partial charge in [0, 0.05) is 13.0 Å². The number of aromatic hydroxyl groups is 1. The summed E-state index contributed by atoms with van der Waals surface area (Å²) in [6, 6.07) is 6.48. The number of hydrogen-bond donors (Lipinski definition) is 2. The van der Waals surface area contributed by atoms with Crippen molar-refractivity contribution >= 4 is 45.8 Å². The van der Waals surface area contributed by atoms with Gasteiger partial charge in [0.2, 0.25) is 11.8 Å². The molecule has 100 valence electrons. The van der Waals surface area contributed by atoms with Gasteiger partial charge >= 0.3 is 0 Å². The van der Waals surface area contributed by atoms with Gasteiger partial charge in [0.1, 0.15) is 10.1 Å². The van der Waals surface area contributed by atoms with Gasteiger partial charge in [0.15, 0.2) is 0 Å². The first kappa shape index (κ1) is 13.8. The fourth-order valence-electron chi connectivity index (χ4n) is 1.60. The predicted molar refractivity (Wildman–Crippen MR) is 78.1 cm³/mol. The highest BCUT2D eigenvalue weighted by atomic mass is 32.2. The monoisotopic (exact) mass is 296 g/mol. The van der Waals surface area contributed by atoms with E-state index in [4.69, 9.17) is 12.2 Å². The van der Waals surface area contributed by atoms with Crippen LogP contribution in [0.5, 0.6) is 5.75 Å². The van der Waals surface area contributed by atoms with Crippen LogP contribution in [0.3, 0.4) is 0 Å². The SMILES string of the molecule is O=C(CCN1C(=O)CSC1=S)Nc1ccccc1O. The second-order valence-corrected chi connectivity index (χ2v) is 5.52. The Balaban J connectivity index is 1.87. The summed E-state index contributed by atoms with van der Waals surface area (Å²) >= 11 is 6.32. The van der Waals surface area contributed by atoms with E-state index in [0.29, 0.717) is 15.8 Å². The Labute approximate surface area is 120 Å². The molecule has 1 aromatic rings. The molecule has 5 nitrogen and oxygen atoms in total. The lowest BCUT2D eigenvalue weighted by atomic mass is 10.3. The standard InChI is InChI=1S/C12H12N2O3S2/c15-9-4-2-1-3-8(9)13-10(16)5-6-14-11(17)7-19-12(14)18/h1-4,15H,5-7H2,(H,13,16). The summed E-state index contributed by atoms with van der Waals surface area (Å²) in [5, 5.41) is 12.1. The molecule has 1 saturated heterocycles. The van der Waals surface area contributed by atoms with Gasteiger partial charge in [-0.15, -0.1) is 0 Å². The van der Waals surface area contributed by atoms with Gasteiger partial charge < -0.3 is 10.4 Å². The van der Waals surface area contributed by atoms with Crippen LogP contribution in [0.2, 0.25) is 0 Å². The fraction of sp³-hybridized carbons (Fsp3) is 0.250. The summed E-state index contributed by atoms with van der Waals surface area (Å²) in [4.78, 5) is 24.6. The Kier molecular flexibility index (Phi) is 4.39. The number of thiocarbonyl (C=S) groups is 1. The number of thioether (sulfide) groups is 1. The van der Waals surface area contributed by atoms with Gasteiger partial charge in [-0.05, 0) is 12.1 Å². The highest BCUT2D eigenvalue weighted by molar-refractivity contribution is 8.23. The maximum absolute atomic E-state index is 11.7. The molecule has 2 amide bonds. The molecule has 0 atom stereocenters. The first-order valence-corrected chi connectivity index (χ1v) is 7.02. The summed E-state index contributed by atoms with van der Waals surface area (Å²) in [6.07, 6.45) is 0.140. The summed E-state index contributed by atoms with van der Waals surface area (Å²) in [6.45, 7) is 0.268. The third-order valence-corrected chi connectivity index (χ3v) is 4.01. The van der Waals surface area contributed by atoms with Crippen LogP contribution in [0.4, 0.5) is 5.69 Å². The minimum absolute atomic E-state index is 0.0131. The summed E-state index contributed by atoms with van der Waals surface area (Å²) < 4.78 is 0.514. The van der Waals surface area contributed by atoms with Crippen LogP contribution in [0.15, 0.2) is 24.3 Å². The topological polar surface area (TPSA) is 69.6 Å². The molecule has 0 saturated carbocycles. The number of para-hydroxylation sites is 2. The van der Waals surface area contributed by atoms with Crippen LogP contribution in [-0.2, 0) is 9.59 Å². The van der Waals surface area contributed by atoms with Crippen molar-refractivity contribution in [1.29, 1.82) is 0 Å². The molecular formula is C12H12N2O3S2. The lowest BCUT2D eigenvalue weighted by Gasteiger charge is -2.14. The second kappa shape index (κ2) is 6.03. The van der Waals surface area contributed by atoms with Gasteiger partial charge in [-0.2, -0.15) is 0 Å². The number of nitrogens with one attached hydrogen (secondary N) is 1. The predicted octanol–water partition coefficient (Wildman–Crippen LogP) is 1.58. The van der Waals surface area contributed by atoms with Crippen molar-refractivity contribution < 1.29 is 14.7 Å². The first-order valence-electron chi connectivity index (χ1n) is 5.63. The number of anilines is 1. The molecule has 1 aliphatic rings. The zero-order valence-electron chi connectivity index (χ0n) is 9.96. The average molecular weight is 296 g/mol. The molecule has 19 heavy (non-hydrogen) atoms. The lowest BCUT2D eigenvalue weighted by Crippen LogP contribution is -2.31. The minimum Gasteiger partial charge on any atom is -0.506 e. The average Bonchev–Trinajstić information content (AvgIpc) is 2.70. The number of carbonyl (C=O) groups is 2. The fourth-order valence-corrected chi connectivity index (χ4v) is 2.72. The van der Waals surface area contributed by atoms with Crippen molar-refractivity contribution in [1.82, 2.24) is 4.90 Å². The number of phenolic OH excluding ortho intramolecular Hbond substituents is 1. The van der Waals surface area contributed by atoms with Gasteiger partial charge in [-0.3, -0.25) is 14.5 Å². The maximum Gasteiger partial charge on any atom is 0.238 e. The largest absolute Gasteiger partial charge is 0.506 e. The zero-order valence-corrected chi connectivity index (χ0v) is 11.6. The van der Waals surface area contributed by atoms with Crippen LogP contribution in [0.25, 0.3) is 0 Å². The van der Waals surface area contributed by atoms with Gasteiger partial charge in [0.25, 0.3) is 0 Å². The maximum atomic E-state index is 11.7. The molecule has 2 N–H and O–H groups in total. The molecule has 0 unspecified atom stereocenters. The van der Waals surface area contributed by atoms with E-state index >= 15 is 0 Å². The Bertz CT molecular complexity index is 517. The highest BCUT2D eigenvalue weighted by Gasteiger charge is 2.26. The van der Waals surface area contributed by atoms with E-state index < -0.39 is 0 Å². The Morgan fingerprint density at radius 2 is 2.21 bits per heavy atom. The van der Waals surface area contributed by atoms with E-state index in [1.54, 1.807) is 18.2 Å². The van der Waals surface area contributed by atoms with Crippen molar-refractivity contribution in [2.24, 2.45) is 0 Å². The molecule has 1 heterocycles. The molecule has 1 aromatic carbocycles. The minimum atomic E-state index is -0.269. The lowest BCUT2D eigenvalue weighted by molar-refractivity contribution is -0.124. The molecule has 2 rings (SSSR count). The van der Waals surface area contributed by atoms with Crippen molar-refractivity contribution in [3.05, 3.63) is 24.3 Å². The van der Waals surface area contributed by atoms with Gasteiger partial charge in [-0.1, -0.05) is 36.1 Å². The van der Waals surface area contributed by atoms with E-state index in [9.17, 15) is 14.7 Å². The molecule has 0 aliphatic carbocycles. The van der Waals surface area contributed by atoms with Gasteiger partial charge in [-0.25, -0.2) is 0 Å². The number of phenols is 1. The summed E-state index contributed by atoms with van der Waals surface area (Å²) in [5.41, 5.74) is 0.359. The number of carbonyl (C=O) groups excluding carboxylic acids is 2. The highest BCUT2D eigenvalue weighted by Crippen LogP contribution is 2.22. The zero-order chi connectivity index (χ0) is 13.8. The van der Waals surface area contributed by atoms with E-state index in [2.05, 4.69) is 5.32 Å². The number of benzene rings is 1. The molecule has 0 bridgehead atoms. The normalized spacial score (nSPS) is 14.8. The van der Waals surface area contributed by atoms with Crippen LogP contribution >= 0.6 is 24.0 Å². The third kappa shape index (κ3) is 3.45. The van der Waals surface area contributed by atoms with E-state index in [1.807, 2.05) is 0 Å². The quantitative estimate of drug-likeness (QED) is 0.652. The van der Waals surface area contributed by atoms with Crippen molar-refractivity contribution in [2.45, 2.75) is 6.42 Å². The van der Waals surface area contributed by atoms with Crippen molar-refractivity contribution in [2.75, 3.05) is 17.6 Å². The van der Waals surface area contributed by atoms with E-state index in [-0.39, 0.29) is 30.5 Å². The Hall–Kier alpha value is -1.60. The number of hydrogen-bond acceptors (Lipinski definition) is 5. The van der Waals surface area contributed by atoms with E-state index in [0.717, 1.165) is 0 Å². The smallest absolute Gasteiger partial charge is 0.238 e. The molecule has 0 aromatic heterocycles. The Morgan fingerprint density at radius 1 is 1.47 bits per heavy atom. The van der Waals surface area contributed by atoms with Gasteiger partial charge in [0.05, 0.1) is 11.4 Å². The first-order chi connectivity index (χ1) is 9.08. The van der Waals surface area contributed by atoms with Crippen LogP contribution in [-0.4, -0.2) is 38.4 Å². The molecule has 0 spiro atoms. The van der Waals surface area contributed by atoms with Crippen molar-refractivity contribution in [3.63, 3.8) is 0 Å². The Morgan fingerprint density at radius 3 is 2.84 bits per heavy atom. The number of amides is 2. The van der Waals surface area contributed by atoms with E-state index in [1.165, 1.54) is 22.7 Å². The third-order valence-electron chi connectivity index (χ3n) is 2.58. The summed E-state index contributed by atoms with van der Waals surface area (Å²) in [7, 11) is 0. The molecular weight excluding hydrogens is 284 g/mol. The molecule has 0 radical (unpaired) electrons. The molecule has 7 heteroatoms. The van der Waals surface area contributed by atoms with Crippen LogP contribution in [0.1, 0.15) is 6.42 Å². The summed E-state index contributed by atoms with van der Waals surface area (Å²) in [5.74, 6) is 0.0263. The van der Waals surface area contributed by atoms with Crippen LogP contribution in [0, 0.1) is 0 Å².